The van der Waals surface area contributed by atoms with E-state index in [2.05, 4.69) is 36.7 Å². The van der Waals surface area contributed by atoms with Crippen LogP contribution in [0.4, 0.5) is 4.39 Å². The molecule has 6 nitrogen and oxygen atoms in total. The third-order valence-corrected chi connectivity index (χ3v) is 4.85. The van der Waals surface area contributed by atoms with Crippen molar-refractivity contribution in [3.8, 4) is 0 Å². The maximum Gasteiger partial charge on any atom is 0.156 e. The first-order chi connectivity index (χ1) is 11.7. The van der Waals surface area contributed by atoms with Crippen molar-refractivity contribution in [2.45, 2.75) is 25.7 Å². The van der Waals surface area contributed by atoms with Gasteiger partial charge in [0.25, 0.3) is 0 Å². The second-order valence-corrected chi connectivity index (χ2v) is 6.78. The van der Waals surface area contributed by atoms with Crippen LogP contribution < -0.4 is 5.32 Å². The molecule has 1 saturated heterocycles. The molecule has 2 N–H and O–H groups in total. The minimum atomic E-state index is -0.337. The van der Waals surface area contributed by atoms with E-state index in [9.17, 15) is 9.60 Å². The molecule has 0 amide bonds. The van der Waals surface area contributed by atoms with Crippen molar-refractivity contribution in [2.24, 2.45) is 11.1 Å². The number of aromatic nitrogens is 2. The highest BCUT2D eigenvalue weighted by Crippen LogP contribution is 2.21. The van der Waals surface area contributed by atoms with Gasteiger partial charge in [-0.2, -0.15) is 0 Å². The van der Waals surface area contributed by atoms with Crippen molar-refractivity contribution in [1.29, 1.82) is 0 Å². The minimum Gasteiger partial charge on any atom is -0.411 e. The smallest absolute Gasteiger partial charge is 0.156 e. The van der Waals surface area contributed by atoms with E-state index >= 15 is 0 Å². The van der Waals surface area contributed by atoms with E-state index in [4.69, 9.17) is 4.63 Å². The fourth-order valence-corrected chi connectivity index (χ4v) is 3.35. The molecule has 0 atom stereocenters. The lowest BCUT2D eigenvalue weighted by molar-refractivity contribution is 0.295. The first-order valence-corrected chi connectivity index (χ1v) is 8.64. The highest BCUT2D eigenvalue weighted by atomic mass is 79.9. The summed E-state index contributed by atoms with van der Waals surface area (Å²) in [6, 6.07) is 4.66. The van der Waals surface area contributed by atoms with Gasteiger partial charge in [0.1, 0.15) is 17.2 Å². The quantitative estimate of drug-likeness (QED) is 0.461. The third-order valence-electron chi connectivity index (χ3n) is 4.25. The molecule has 3 rings (SSSR count). The number of hydrogen-bond acceptors (Lipinski definition) is 6. The molecule has 2 heterocycles. The van der Waals surface area contributed by atoms with Gasteiger partial charge < -0.3 is 10.5 Å². The van der Waals surface area contributed by atoms with Crippen molar-refractivity contribution >= 4 is 21.6 Å². The second kappa shape index (κ2) is 7.85. The van der Waals surface area contributed by atoms with Gasteiger partial charge in [0.2, 0.25) is 0 Å². The average Bonchev–Trinajstić information content (AvgIpc) is 3.05. The summed E-state index contributed by atoms with van der Waals surface area (Å²) in [5, 5.41) is 24.0. The van der Waals surface area contributed by atoms with Crippen LogP contribution in [-0.2, 0) is 12.8 Å². The molecule has 1 aromatic carbocycles. The van der Waals surface area contributed by atoms with Crippen molar-refractivity contribution < 1.29 is 14.2 Å². The van der Waals surface area contributed by atoms with Crippen LogP contribution >= 0.6 is 15.9 Å². The van der Waals surface area contributed by atoms with Crippen molar-refractivity contribution in [3.05, 3.63) is 45.4 Å². The Bertz CT molecular complexity index is 729. The highest BCUT2D eigenvalue weighted by molar-refractivity contribution is 9.10. The number of oxime groups is 1. The predicted octanol–water partition coefficient (Wildman–Crippen LogP) is 2.93. The maximum absolute atomic E-state index is 13.3. The van der Waals surface area contributed by atoms with E-state index in [1.165, 1.54) is 6.07 Å². The van der Waals surface area contributed by atoms with E-state index in [0.717, 1.165) is 37.9 Å². The summed E-state index contributed by atoms with van der Waals surface area (Å²) < 4.78 is 18.6. The Kier molecular flexibility index (Phi) is 5.57. The second-order valence-electron chi connectivity index (χ2n) is 5.93. The van der Waals surface area contributed by atoms with Crippen LogP contribution in [0.15, 0.2) is 32.5 Å². The standard InChI is InChI=1S/C16H18BrFN4O2/c17-12-7-11(1-2-13(12)18)9-14(20-23)16-15(21-24-22-16)8-10-3-5-19-6-4-10/h1-2,7,10,19,23H,3-6,8-9H2. The topological polar surface area (TPSA) is 83.5 Å². The molecule has 1 aliphatic rings. The molecule has 1 fully saturated rings. The number of piperidine rings is 1. The normalized spacial score (nSPS) is 16.5. The summed E-state index contributed by atoms with van der Waals surface area (Å²) >= 11 is 3.16. The Morgan fingerprint density at radius 3 is 2.88 bits per heavy atom. The van der Waals surface area contributed by atoms with Gasteiger partial charge in [-0.1, -0.05) is 16.4 Å². The maximum atomic E-state index is 13.3. The van der Waals surface area contributed by atoms with Gasteiger partial charge in [-0.3, -0.25) is 0 Å². The lowest BCUT2D eigenvalue weighted by atomic mass is 9.91. The van der Waals surface area contributed by atoms with Crippen LogP contribution in [0, 0.1) is 11.7 Å². The fraction of sp³-hybridized carbons (Fsp3) is 0.438. The molecule has 0 unspecified atom stereocenters. The molecule has 0 bridgehead atoms. The zero-order valence-corrected chi connectivity index (χ0v) is 14.6. The Morgan fingerprint density at radius 1 is 1.38 bits per heavy atom. The lowest BCUT2D eigenvalue weighted by Gasteiger charge is -2.21. The summed E-state index contributed by atoms with van der Waals surface area (Å²) in [6.45, 7) is 1.99. The van der Waals surface area contributed by atoms with Crippen LogP contribution in [-0.4, -0.2) is 34.3 Å². The van der Waals surface area contributed by atoms with Gasteiger partial charge in [0, 0.05) is 6.42 Å². The van der Waals surface area contributed by atoms with E-state index in [-0.39, 0.29) is 5.82 Å². The van der Waals surface area contributed by atoms with E-state index in [1.807, 2.05) is 0 Å². The fourth-order valence-electron chi connectivity index (χ4n) is 2.93. The highest BCUT2D eigenvalue weighted by Gasteiger charge is 2.22. The monoisotopic (exact) mass is 396 g/mol. The molecule has 1 aromatic heterocycles. The molecule has 8 heteroatoms. The summed E-state index contributed by atoms with van der Waals surface area (Å²) in [5.74, 6) is 0.174. The first kappa shape index (κ1) is 17.0. The van der Waals surface area contributed by atoms with Crippen LogP contribution in [0.25, 0.3) is 0 Å². The van der Waals surface area contributed by atoms with Gasteiger partial charge >= 0.3 is 0 Å². The van der Waals surface area contributed by atoms with E-state index < -0.39 is 0 Å². The number of benzene rings is 1. The van der Waals surface area contributed by atoms with Gasteiger partial charge in [-0.25, -0.2) is 9.02 Å². The molecule has 0 aliphatic carbocycles. The molecule has 0 saturated carbocycles. The first-order valence-electron chi connectivity index (χ1n) is 7.84. The van der Waals surface area contributed by atoms with Gasteiger partial charge in [-0.15, -0.1) is 0 Å². The third kappa shape index (κ3) is 3.99. The number of halogens is 2. The Hall–Kier alpha value is -1.80. The summed E-state index contributed by atoms with van der Waals surface area (Å²) in [4.78, 5) is 0. The zero-order chi connectivity index (χ0) is 16.9. The SMILES string of the molecule is ON=C(Cc1ccc(F)c(Br)c1)c1nonc1CC1CCNCC1. The summed E-state index contributed by atoms with van der Waals surface area (Å²) in [7, 11) is 0. The minimum absolute atomic E-state index is 0.308. The van der Waals surface area contributed by atoms with Crippen LogP contribution in [0.2, 0.25) is 0 Å². The van der Waals surface area contributed by atoms with Gasteiger partial charge in [0.15, 0.2) is 5.69 Å². The lowest BCUT2D eigenvalue weighted by Crippen LogP contribution is -2.29. The summed E-state index contributed by atoms with van der Waals surface area (Å²) in [6.07, 6.45) is 3.20. The predicted molar refractivity (Wildman–Crippen MR) is 89.7 cm³/mol. The Labute approximate surface area is 147 Å². The number of nitrogens with one attached hydrogen (secondary N) is 1. The number of hydrogen-bond donors (Lipinski definition) is 2. The van der Waals surface area contributed by atoms with Crippen molar-refractivity contribution in [2.75, 3.05) is 13.1 Å². The van der Waals surface area contributed by atoms with Gasteiger partial charge in [-0.05, 0) is 77.1 Å². The molecule has 0 radical (unpaired) electrons. The Balaban J connectivity index is 1.76. The van der Waals surface area contributed by atoms with E-state index in [1.54, 1.807) is 12.1 Å². The largest absolute Gasteiger partial charge is 0.411 e. The van der Waals surface area contributed by atoms with E-state index in [0.29, 0.717) is 33.9 Å². The van der Waals surface area contributed by atoms with Crippen molar-refractivity contribution in [3.63, 3.8) is 0 Å². The molecule has 2 aromatic rings. The van der Waals surface area contributed by atoms with Crippen LogP contribution in [0.1, 0.15) is 29.8 Å². The number of nitrogens with zero attached hydrogens (tertiary/aromatic N) is 3. The van der Waals surface area contributed by atoms with Gasteiger partial charge in [0.05, 0.1) is 4.47 Å². The van der Waals surface area contributed by atoms with Crippen molar-refractivity contribution in [1.82, 2.24) is 15.6 Å². The van der Waals surface area contributed by atoms with Crippen LogP contribution in [0.3, 0.4) is 0 Å². The Morgan fingerprint density at radius 2 is 2.17 bits per heavy atom. The average molecular weight is 397 g/mol. The molecule has 1 aliphatic heterocycles. The molecule has 0 spiro atoms. The molecule has 128 valence electrons. The molecular weight excluding hydrogens is 379 g/mol. The summed E-state index contributed by atoms with van der Waals surface area (Å²) in [5.41, 5.74) is 2.33. The number of rotatable bonds is 5. The molecule has 24 heavy (non-hydrogen) atoms. The van der Waals surface area contributed by atoms with Crippen LogP contribution in [0.5, 0.6) is 0 Å². The molecular formula is C16H18BrFN4O2. The zero-order valence-electron chi connectivity index (χ0n) is 13.0.